The maximum absolute atomic E-state index is 5.67. The Morgan fingerprint density at radius 3 is 2.45 bits per heavy atom. The van der Waals surface area contributed by atoms with E-state index in [1.807, 2.05) is 27.8 Å². The summed E-state index contributed by atoms with van der Waals surface area (Å²) in [6.45, 7) is 5.99. The van der Waals surface area contributed by atoms with Crippen LogP contribution in [0, 0.1) is 13.8 Å². The first-order valence-corrected chi connectivity index (χ1v) is 6.08. The van der Waals surface area contributed by atoms with Gasteiger partial charge in [-0.15, -0.1) is 4.98 Å². The van der Waals surface area contributed by atoms with Crippen molar-refractivity contribution >= 4 is 5.95 Å². The molecule has 0 aliphatic rings. The fourth-order valence-electron chi connectivity index (χ4n) is 1.64. The first-order valence-electron chi connectivity index (χ1n) is 6.08. The van der Waals surface area contributed by atoms with Gasteiger partial charge in [0.05, 0.1) is 12.3 Å². The van der Waals surface area contributed by atoms with E-state index in [1.54, 1.807) is 4.68 Å². The number of nitrogens with zero attached hydrogens (tertiary/aromatic N) is 5. The number of aromatic nitrogens is 5. The molecule has 0 amide bonds. The van der Waals surface area contributed by atoms with Crippen LogP contribution in [0.3, 0.4) is 0 Å². The maximum Gasteiger partial charge on any atom is 0.330 e. The van der Waals surface area contributed by atoms with Crippen molar-refractivity contribution in [3.8, 4) is 17.8 Å². The number of rotatable bonds is 5. The lowest BCUT2D eigenvalue weighted by Crippen LogP contribution is -2.13. The van der Waals surface area contributed by atoms with Crippen molar-refractivity contribution < 1.29 is 9.47 Å². The monoisotopic (exact) mass is 279 g/mol. The van der Waals surface area contributed by atoms with E-state index in [2.05, 4.69) is 25.5 Å². The Kier molecular flexibility index (Phi) is 3.99. The van der Waals surface area contributed by atoms with Crippen LogP contribution in [0.4, 0.5) is 5.95 Å². The average Bonchev–Trinajstić information content (AvgIpc) is 2.65. The normalized spacial score (nSPS) is 10.4. The van der Waals surface area contributed by atoms with Gasteiger partial charge in [0.2, 0.25) is 5.95 Å². The topological polar surface area (TPSA) is 113 Å². The molecular weight excluding hydrogens is 262 g/mol. The number of nitrogen functional groups attached to an aromatic ring is 1. The van der Waals surface area contributed by atoms with Gasteiger partial charge in [-0.2, -0.15) is 15.1 Å². The van der Waals surface area contributed by atoms with Crippen LogP contribution in [0.2, 0.25) is 0 Å². The Morgan fingerprint density at radius 2 is 1.90 bits per heavy atom. The quantitative estimate of drug-likeness (QED) is 0.607. The maximum atomic E-state index is 5.67. The molecule has 3 N–H and O–H groups in total. The average molecular weight is 279 g/mol. The van der Waals surface area contributed by atoms with E-state index in [4.69, 9.17) is 15.3 Å². The van der Waals surface area contributed by atoms with Gasteiger partial charge in [0.15, 0.2) is 5.75 Å². The molecule has 0 aliphatic carbocycles. The number of ether oxygens (including phenoxy) is 2. The van der Waals surface area contributed by atoms with E-state index >= 15 is 0 Å². The number of nitrogens with one attached hydrogen (secondary N) is 1. The molecule has 0 aromatic carbocycles. The Bertz CT molecular complexity index is 611. The number of anilines is 1. The smallest absolute Gasteiger partial charge is 0.330 e. The fourth-order valence-corrected chi connectivity index (χ4v) is 1.64. The summed E-state index contributed by atoms with van der Waals surface area (Å²) in [7, 11) is 1.83. The van der Waals surface area contributed by atoms with Crippen molar-refractivity contribution in [3.63, 3.8) is 0 Å². The van der Waals surface area contributed by atoms with Crippen LogP contribution in [0.15, 0.2) is 0 Å². The number of hydrogen-bond donors (Lipinski definition) is 2. The summed E-state index contributed by atoms with van der Waals surface area (Å²) in [4.78, 5) is 12.0. The van der Waals surface area contributed by atoms with Crippen molar-refractivity contribution in [1.29, 1.82) is 0 Å². The lowest BCUT2D eigenvalue weighted by molar-refractivity contribution is 0.303. The van der Waals surface area contributed by atoms with Crippen LogP contribution in [0.25, 0.3) is 0 Å². The standard InChI is InChI=1S/C11H17N7O2/c1-5-19-10-13-9(16-12)14-11(15-10)20-8-6(2)17-18(4)7(8)3/h5,12H2,1-4H3,(H,13,14,15,16). The summed E-state index contributed by atoms with van der Waals surface area (Å²) in [6.07, 6.45) is 0. The van der Waals surface area contributed by atoms with Gasteiger partial charge < -0.3 is 9.47 Å². The minimum atomic E-state index is 0.0931. The highest BCUT2D eigenvalue weighted by atomic mass is 16.5. The Labute approximate surface area is 116 Å². The summed E-state index contributed by atoms with van der Waals surface area (Å²) < 4.78 is 12.6. The summed E-state index contributed by atoms with van der Waals surface area (Å²) in [5.41, 5.74) is 3.95. The first kappa shape index (κ1) is 14.0. The fraction of sp³-hybridized carbons (Fsp3) is 0.455. The lowest BCUT2D eigenvalue weighted by atomic mass is 10.3. The highest BCUT2D eigenvalue weighted by Crippen LogP contribution is 2.26. The molecule has 0 saturated heterocycles. The van der Waals surface area contributed by atoms with Crippen molar-refractivity contribution in [2.24, 2.45) is 12.9 Å². The second-order valence-corrected chi connectivity index (χ2v) is 4.03. The van der Waals surface area contributed by atoms with Gasteiger partial charge in [0.25, 0.3) is 0 Å². The second-order valence-electron chi connectivity index (χ2n) is 4.03. The zero-order chi connectivity index (χ0) is 14.7. The summed E-state index contributed by atoms with van der Waals surface area (Å²) in [5, 5.41) is 4.26. The molecular formula is C11H17N7O2. The predicted molar refractivity (Wildman–Crippen MR) is 71.6 cm³/mol. The Morgan fingerprint density at radius 1 is 1.20 bits per heavy atom. The number of hydrazine groups is 1. The Hall–Kier alpha value is -2.42. The van der Waals surface area contributed by atoms with Crippen molar-refractivity contribution in [2.75, 3.05) is 12.0 Å². The molecule has 0 unspecified atom stereocenters. The molecule has 0 fully saturated rings. The third kappa shape index (κ3) is 2.77. The highest BCUT2D eigenvalue weighted by molar-refractivity contribution is 5.35. The van der Waals surface area contributed by atoms with Gasteiger partial charge in [0.1, 0.15) is 5.69 Å². The van der Waals surface area contributed by atoms with E-state index in [9.17, 15) is 0 Å². The molecule has 0 saturated carbocycles. The van der Waals surface area contributed by atoms with Crippen LogP contribution in [-0.2, 0) is 7.05 Å². The third-order valence-corrected chi connectivity index (χ3v) is 2.63. The molecule has 20 heavy (non-hydrogen) atoms. The summed E-state index contributed by atoms with van der Waals surface area (Å²) >= 11 is 0. The summed E-state index contributed by atoms with van der Waals surface area (Å²) in [6, 6.07) is 0.236. The Balaban J connectivity index is 2.34. The zero-order valence-electron chi connectivity index (χ0n) is 11.8. The molecule has 0 bridgehead atoms. The van der Waals surface area contributed by atoms with Crippen molar-refractivity contribution in [1.82, 2.24) is 24.7 Å². The first-order chi connectivity index (χ1) is 9.55. The highest BCUT2D eigenvalue weighted by Gasteiger charge is 2.15. The molecule has 9 nitrogen and oxygen atoms in total. The van der Waals surface area contributed by atoms with Crippen LogP contribution < -0.4 is 20.7 Å². The van der Waals surface area contributed by atoms with E-state index in [0.29, 0.717) is 12.4 Å². The molecule has 9 heteroatoms. The van der Waals surface area contributed by atoms with Crippen molar-refractivity contribution in [2.45, 2.75) is 20.8 Å². The molecule has 2 aromatic heterocycles. The zero-order valence-corrected chi connectivity index (χ0v) is 11.8. The molecule has 0 radical (unpaired) electrons. The third-order valence-electron chi connectivity index (χ3n) is 2.63. The molecule has 2 rings (SSSR count). The van der Waals surface area contributed by atoms with Gasteiger partial charge in [-0.25, -0.2) is 5.84 Å². The molecule has 108 valence electrons. The SMILES string of the molecule is CCOc1nc(NN)nc(Oc2c(C)nn(C)c2C)n1. The largest absolute Gasteiger partial charge is 0.464 e. The van der Waals surface area contributed by atoms with Crippen LogP contribution >= 0.6 is 0 Å². The van der Waals surface area contributed by atoms with E-state index in [0.717, 1.165) is 11.4 Å². The van der Waals surface area contributed by atoms with Gasteiger partial charge in [0, 0.05) is 7.05 Å². The van der Waals surface area contributed by atoms with Crippen molar-refractivity contribution in [3.05, 3.63) is 11.4 Å². The molecule has 2 aromatic rings. The van der Waals surface area contributed by atoms with Crippen LogP contribution in [-0.4, -0.2) is 31.3 Å². The summed E-state index contributed by atoms with van der Waals surface area (Å²) in [5.74, 6) is 6.08. The van der Waals surface area contributed by atoms with E-state index < -0.39 is 0 Å². The number of hydrogen-bond acceptors (Lipinski definition) is 8. The van der Waals surface area contributed by atoms with E-state index in [1.165, 1.54) is 0 Å². The molecule has 2 heterocycles. The van der Waals surface area contributed by atoms with Gasteiger partial charge in [-0.1, -0.05) is 0 Å². The van der Waals surface area contributed by atoms with Gasteiger partial charge in [-0.05, 0) is 20.8 Å². The van der Waals surface area contributed by atoms with Gasteiger partial charge >= 0.3 is 12.0 Å². The lowest BCUT2D eigenvalue weighted by Gasteiger charge is -2.07. The minimum Gasteiger partial charge on any atom is -0.464 e. The van der Waals surface area contributed by atoms with E-state index in [-0.39, 0.29) is 18.0 Å². The number of aryl methyl sites for hydroxylation is 2. The minimum absolute atomic E-state index is 0.0931. The second kappa shape index (κ2) is 5.70. The number of nitrogens with two attached hydrogens (primary N) is 1. The molecule has 0 aliphatic heterocycles. The molecule has 0 spiro atoms. The van der Waals surface area contributed by atoms with Gasteiger partial charge in [-0.3, -0.25) is 10.1 Å². The molecule has 0 atom stereocenters. The van der Waals surface area contributed by atoms with Crippen LogP contribution in [0.1, 0.15) is 18.3 Å². The predicted octanol–water partition coefficient (Wildman–Crippen LogP) is 0.699. The van der Waals surface area contributed by atoms with Crippen LogP contribution in [0.5, 0.6) is 17.8 Å².